The van der Waals surface area contributed by atoms with E-state index in [1.54, 1.807) is 49.0 Å². The van der Waals surface area contributed by atoms with E-state index < -0.39 is 6.04 Å². The number of fused-ring (bicyclic) bond motifs is 1. The van der Waals surface area contributed by atoms with E-state index >= 15 is 0 Å². The molecule has 4 aromatic rings. The van der Waals surface area contributed by atoms with Gasteiger partial charge in [-0.2, -0.15) is 5.10 Å². The van der Waals surface area contributed by atoms with Gasteiger partial charge in [-0.1, -0.05) is 36.4 Å². The zero-order chi connectivity index (χ0) is 22.8. The number of pyridine rings is 1. The molecule has 4 rings (SSSR count). The van der Waals surface area contributed by atoms with Gasteiger partial charge in [-0.3, -0.25) is 14.2 Å². The number of nitrogens with zero attached hydrogens (tertiary/aromatic N) is 3. The van der Waals surface area contributed by atoms with E-state index in [1.165, 1.54) is 4.57 Å². The van der Waals surface area contributed by atoms with Gasteiger partial charge in [0.05, 0.1) is 12.8 Å². The molecule has 32 heavy (non-hydrogen) atoms. The zero-order valence-electron chi connectivity index (χ0n) is 18.6. The first-order valence-corrected chi connectivity index (χ1v) is 10.6. The molecule has 0 saturated heterocycles. The van der Waals surface area contributed by atoms with Crippen molar-refractivity contribution in [2.75, 3.05) is 12.4 Å². The molecular formula is C25H26N4O3. The van der Waals surface area contributed by atoms with Crippen LogP contribution in [0.4, 0.5) is 5.69 Å². The number of nitrogens with one attached hydrogen (secondary N) is 1. The molecule has 7 heteroatoms. The van der Waals surface area contributed by atoms with Crippen LogP contribution in [-0.4, -0.2) is 27.4 Å². The highest BCUT2D eigenvalue weighted by Crippen LogP contribution is 2.31. The van der Waals surface area contributed by atoms with Crippen LogP contribution in [0.15, 0.2) is 65.5 Å². The molecule has 0 fully saturated rings. The Morgan fingerprint density at radius 3 is 2.56 bits per heavy atom. The molecule has 1 atom stereocenters. The number of ether oxygens (including phenoxy) is 1. The van der Waals surface area contributed by atoms with Gasteiger partial charge in [-0.15, -0.1) is 0 Å². The summed E-state index contributed by atoms with van der Waals surface area (Å²) in [6, 6.07) is 17.7. The number of carbonyl (C=O) groups excluding carboxylic acids is 1. The second kappa shape index (κ2) is 8.70. The highest BCUT2D eigenvalue weighted by molar-refractivity contribution is 5.98. The summed E-state index contributed by atoms with van der Waals surface area (Å²) in [4.78, 5) is 26.5. The maximum absolute atomic E-state index is 13.3. The predicted octanol–water partition coefficient (Wildman–Crippen LogP) is 4.40. The summed E-state index contributed by atoms with van der Waals surface area (Å²) < 4.78 is 8.54. The third-order valence-corrected chi connectivity index (χ3v) is 5.59. The Kier molecular flexibility index (Phi) is 5.81. The Bertz CT molecular complexity index is 1340. The molecule has 7 nitrogen and oxygen atoms in total. The van der Waals surface area contributed by atoms with Crippen LogP contribution in [0, 0.1) is 6.92 Å². The predicted molar refractivity (Wildman–Crippen MR) is 126 cm³/mol. The summed E-state index contributed by atoms with van der Waals surface area (Å²) in [5, 5.41) is 8.42. The molecule has 0 radical (unpaired) electrons. The van der Waals surface area contributed by atoms with E-state index in [4.69, 9.17) is 4.74 Å². The van der Waals surface area contributed by atoms with Crippen LogP contribution in [0.3, 0.4) is 0 Å². The second-order valence-electron chi connectivity index (χ2n) is 7.63. The number of carbonyl (C=O) groups is 1. The molecule has 0 bridgehead atoms. The van der Waals surface area contributed by atoms with Gasteiger partial charge in [0.25, 0.3) is 5.56 Å². The average molecular weight is 431 g/mol. The number of anilines is 1. The number of hydrogen-bond donors (Lipinski definition) is 1. The Balaban J connectivity index is 1.84. The molecule has 164 valence electrons. The number of methoxy groups -OCH3 is 1. The lowest BCUT2D eigenvalue weighted by Gasteiger charge is -2.19. The molecule has 1 unspecified atom stereocenters. The molecule has 2 aromatic heterocycles. The van der Waals surface area contributed by atoms with Crippen LogP contribution in [0.25, 0.3) is 22.2 Å². The standard InChI is InChI=1S/C25H26N4O3/c1-5-28-25-23(16(2)27-28)21(18-10-7-6-8-11-18)15-22(30)29(25)17(3)24(31)26-19-12-9-13-20(14-19)32-4/h6-15,17H,5H2,1-4H3,(H,26,31). The molecule has 0 aliphatic carbocycles. The van der Waals surface area contributed by atoms with Gasteiger partial charge >= 0.3 is 0 Å². The minimum atomic E-state index is -0.748. The van der Waals surface area contributed by atoms with Crippen molar-refractivity contribution in [1.82, 2.24) is 14.3 Å². The summed E-state index contributed by atoms with van der Waals surface area (Å²) in [6.07, 6.45) is 0. The van der Waals surface area contributed by atoms with Crippen molar-refractivity contribution in [3.8, 4) is 16.9 Å². The summed E-state index contributed by atoms with van der Waals surface area (Å²) in [5.74, 6) is 0.345. The Labute approximate surface area is 186 Å². The second-order valence-corrected chi connectivity index (χ2v) is 7.63. The van der Waals surface area contributed by atoms with Gasteiger partial charge < -0.3 is 10.1 Å². The molecule has 0 spiro atoms. The van der Waals surface area contributed by atoms with Crippen molar-refractivity contribution in [3.05, 3.63) is 76.7 Å². The molecule has 1 amide bonds. The van der Waals surface area contributed by atoms with Gasteiger partial charge in [0, 0.05) is 29.8 Å². The lowest BCUT2D eigenvalue weighted by atomic mass is 10.0. The normalized spacial score (nSPS) is 12.0. The van der Waals surface area contributed by atoms with Crippen molar-refractivity contribution in [2.24, 2.45) is 0 Å². The molecule has 2 heterocycles. The monoisotopic (exact) mass is 430 g/mol. The average Bonchev–Trinajstić information content (AvgIpc) is 3.15. The zero-order valence-corrected chi connectivity index (χ0v) is 18.6. The summed E-state index contributed by atoms with van der Waals surface area (Å²) in [5.41, 5.74) is 3.57. The lowest BCUT2D eigenvalue weighted by molar-refractivity contribution is -0.118. The summed E-state index contributed by atoms with van der Waals surface area (Å²) in [7, 11) is 1.57. The number of rotatable bonds is 6. The van der Waals surface area contributed by atoms with Crippen LogP contribution in [-0.2, 0) is 11.3 Å². The topological polar surface area (TPSA) is 78.2 Å². The minimum absolute atomic E-state index is 0.251. The first kappa shape index (κ1) is 21.4. The highest BCUT2D eigenvalue weighted by atomic mass is 16.5. The number of hydrogen-bond acceptors (Lipinski definition) is 4. The van der Waals surface area contributed by atoms with E-state index in [-0.39, 0.29) is 11.5 Å². The smallest absolute Gasteiger partial charge is 0.253 e. The van der Waals surface area contributed by atoms with E-state index in [1.807, 2.05) is 44.2 Å². The fourth-order valence-corrected chi connectivity index (χ4v) is 4.00. The Morgan fingerprint density at radius 1 is 1.12 bits per heavy atom. The lowest BCUT2D eigenvalue weighted by Crippen LogP contribution is -2.32. The maximum Gasteiger partial charge on any atom is 0.253 e. The first-order valence-electron chi connectivity index (χ1n) is 10.6. The SMILES string of the molecule is CCn1nc(C)c2c(-c3ccccc3)cc(=O)n(C(C)C(=O)Nc3cccc(OC)c3)c21. The molecule has 0 aliphatic rings. The summed E-state index contributed by atoms with van der Waals surface area (Å²) in [6.45, 7) is 6.20. The first-order chi connectivity index (χ1) is 15.4. The molecule has 2 aromatic carbocycles. The van der Waals surface area contributed by atoms with Crippen molar-refractivity contribution < 1.29 is 9.53 Å². The third kappa shape index (κ3) is 3.77. The van der Waals surface area contributed by atoms with Crippen LogP contribution >= 0.6 is 0 Å². The fraction of sp³-hybridized carbons (Fsp3) is 0.240. The summed E-state index contributed by atoms with van der Waals surface area (Å²) >= 11 is 0. The molecule has 0 aliphatic heterocycles. The quantitative estimate of drug-likeness (QED) is 0.492. The third-order valence-electron chi connectivity index (χ3n) is 5.59. The van der Waals surface area contributed by atoms with Crippen molar-refractivity contribution >= 4 is 22.6 Å². The molecular weight excluding hydrogens is 404 g/mol. The Hall–Kier alpha value is -3.87. The number of aryl methyl sites for hydroxylation is 2. The van der Waals surface area contributed by atoms with E-state index in [0.717, 1.165) is 22.2 Å². The van der Waals surface area contributed by atoms with Crippen molar-refractivity contribution in [2.45, 2.75) is 33.4 Å². The molecule has 0 saturated carbocycles. The van der Waals surface area contributed by atoms with E-state index in [0.29, 0.717) is 23.6 Å². The van der Waals surface area contributed by atoms with Gasteiger partial charge in [0.1, 0.15) is 17.4 Å². The minimum Gasteiger partial charge on any atom is -0.497 e. The van der Waals surface area contributed by atoms with Crippen molar-refractivity contribution in [3.63, 3.8) is 0 Å². The van der Waals surface area contributed by atoms with Crippen LogP contribution < -0.4 is 15.6 Å². The number of amides is 1. The molecule has 1 N–H and O–H groups in total. The van der Waals surface area contributed by atoms with Gasteiger partial charge in [0.15, 0.2) is 0 Å². The fourth-order valence-electron chi connectivity index (χ4n) is 4.00. The number of aromatic nitrogens is 3. The number of benzene rings is 2. The van der Waals surface area contributed by atoms with Crippen LogP contribution in [0.1, 0.15) is 25.6 Å². The van der Waals surface area contributed by atoms with Crippen LogP contribution in [0.5, 0.6) is 5.75 Å². The highest BCUT2D eigenvalue weighted by Gasteiger charge is 2.24. The van der Waals surface area contributed by atoms with E-state index in [2.05, 4.69) is 10.4 Å². The van der Waals surface area contributed by atoms with Crippen molar-refractivity contribution in [1.29, 1.82) is 0 Å². The van der Waals surface area contributed by atoms with Crippen LogP contribution in [0.2, 0.25) is 0 Å². The maximum atomic E-state index is 13.3. The van der Waals surface area contributed by atoms with Gasteiger partial charge in [-0.05, 0) is 44.0 Å². The van der Waals surface area contributed by atoms with Gasteiger partial charge in [-0.25, -0.2) is 4.68 Å². The largest absolute Gasteiger partial charge is 0.497 e. The van der Waals surface area contributed by atoms with Gasteiger partial charge in [0.2, 0.25) is 5.91 Å². The van der Waals surface area contributed by atoms with E-state index in [9.17, 15) is 9.59 Å². The Morgan fingerprint density at radius 2 is 1.88 bits per heavy atom.